The molecule has 0 radical (unpaired) electrons. The van der Waals surface area contributed by atoms with Gasteiger partial charge in [-0.1, -0.05) is 76.6 Å². The third-order valence-corrected chi connectivity index (χ3v) is 20.2. The number of aromatic hydroxyl groups is 1. The van der Waals surface area contributed by atoms with Gasteiger partial charge in [0.25, 0.3) is 5.91 Å². The number of hydrogen-bond acceptors (Lipinski definition) is 20. The van der Waals surface area contributed by atoms with Gasteiger partial charge in [0, 0.05) is 62.4 Å². The third-order valence-electron chi connectivity index (χ3n) is 20.2. The summed E-state index contributed by atoms with van der Waals surface area (Å²) in [6, 6.07) is 0.0969. The number of nitrogens with one attached hydrogen (secondary N) is 12. The zero-order chi connectivity index (χ0) is 86.5. The number of nitrogens with two attached hydrogens (primary N) is 1. The number of aliphatic carboxylic acids is 6. The number of anilines is 1. The molecule has 4 aliphatic rings. The Bertz CT molecular complexity index is 4120. The van der Waals surface area contributed by atoms with Gasteiger partial charge in [-0.3, -0.25) is 86.9 Å². The van der Waals surface area contributed by atoms with Crippen molar-refractivity contribution in [1.82, 2.24) is 63.0 Å². The minimum absolute atomic E-state index is 0.0552. The largest absolute Gasteiger partial charge is 0.508 e. The molecule has 3 heterocycles. The molecule has 0 aromatic heterocycles. The number of nitrogens with zero attached hydrogens (tertiary/aromatic N) is 2. The first-order valence-electron chi connectivity index (χ1n) is 38.3. The van der Waals surface area contributed by atoms with Gasteiger partial charge in [0.15, 0.2) is 5.96 Å². The fraction of sp³-hybridized carbons (Fsp3) is 0.519. The van der Waals surface area contributed by atoms with E-state index in [1.807, 2.05) is 0 Å². The average Bonchev–Trinajstić information content (AvgIpc) is 0.971. The summed E-state index contributed by atoms with van der Waals surface area (Å²) in [5, 5.41) is 103. The van der Waals surface area contributed by atoms with Gasteiger partial charge in [-0.25, -0.2) is 4.79 Å². The second kappa shape index (κ2) is 44.7. The lowest BCUT2D eigenvalue weighted by molar-refractivity contribution is -0.157. The van der Waals surface area contributed by atoms with Crippen molar-refractivity contribution in [2.24, 2.45) is 23.5 Å². The molecule has 1 aliphatic carbocycles. The number of phenols is 1. The van der Waals surface area contributed by atoms with Crippen LogP contribution in [0.3, 0.4) is 0 Å². The maximum atomic E-state index is 15.4. The van der Waals surface area contributed by atoms with E-state index >= 15 is 14.4 Å². The van der Waals surface area contributed by atoms with Crippen LogP contribution >= 0.6 is 0 Å². The molecule has 0 unspecified atom stereocenters. The number of phenolic OH excluding ortho intramolecular Hbond substituents is 1. The molecule has 3 aromatic carbocycles. The van der Waals surface area contributed by atoms with Crippen molar-refractivity contribution in [2.75, 3.05) is 18.4 Å². The number of fused-ring (bicyclic) bond motifs is 3. The molecular weight excluding hydrogens is 1530 g/mol. The number of hydrogen-bond donors (Lipinski definition) is 20. The molecule has 2 bridgehead atoms. The Kier molecular flexibility index (Phi) is 35.6. The molecule has 40 heteroatoms. The summed E-state index contributed by atoms with van der Waals surface area (Å²) < 4.78 is 0. The Morgan fingerprint density at radius 2 is 0.966 bits per heavy atom. The van der Waals surface area contributed by atoms with Crippen molar-refractivity contribution in [3.05, 3.63) is 95.6 Å². The summed E-state index contributed by atoms with van der Waals surface area (Å²) >= 11 is 0. The Hall–Kier alpha value is -12.8. The molecule has 3 saturated heterocycles. The normalized spacial score (nSPS) is 17.9. The Balaban J connectivity index is 1.21. The van der Waals surface area contributed by atoms with Crippen LogP contribution in [0.2, 0.25) is 0 Å². The van der Waals surface area contributed by atoms with Gasteiger partial charge in [0.1, 0.15) is 72.2 Å². The van der Waals surface area contributed by atoms with Crippen LogP contribution < -0.4 is 64.2 Å². The maximum Gasteiger partial charge on any atom is 0.326 e. The molecular formula is C77H103N15O25. The standard InChI is InChI=1S/C77H103N15O25/c1-5-40(4)63(75(115)91-33-9-12-56(91)72(112)84-49(26-30-59(97)98)66(106)83-48(25-29-58(95)96)67(107)88-54(36-42-13-23-47(93)24-14-42)70(110)87-52(34-39(2)3)68(108)86-51(76(116)117)28-32-61(101)102)90-73(113)64-43-17-21-46(22-18-43)92(64)74(114)50(27-31-60(99)100)85-69(109)53(35-41-10-7-6-8-11-41)89-71(111)55(37-62(103)104)82-57(94)38-80-65(105)44-15-19-45(20-16-44)81-77(78)79/h6-8,10-11,13-16,19-20,23-24,39-40,43,46,48-56,63-64,93H,5,9,12,17-18,21-22,25-38H2,1-4H3,(H,80,105)(H,82,94)(H,83,106)(H,84,112)(H,85,109)(H,86,108)(H,87,110)(H,88,107)(H,89,111)(H,90,113)(H,95,96)(H,97,98)(H,99,100)(H,101,102)(H,103,104)(H,116,117)(H4,78,79,81)/t40-,43?,46?,48-,49-,50-,51+,52-,53-,54-,55-,56-,63-,64-/m0/s1. The Morgan fingerprint density at radius 1 is 0.496 bits per heavy atom. The van der Waals surface area contributed by atoms with Gasteiger partial charge in [0.05, 0.1) is 13.0 Å². The molecule has 117 heavy (non-hydrogen) atoms. The lowest BCUT2D eigenvalue weighted by Crippen LogP contribution is -2.68. The van der Waals surface area contributed by atoms with Crippen LogP contribution in [0.15, 0.2) is 78.9 Å². The number of benzene rings is 3. The summed E-state index contributed by atoms with van der Waals surface area (Å²) in [4.78, 5) is 247. The van der Waals surface area contributed by atoms with Crippen LogP contribution in [0, 0.1) is 23.2 Å². The number of carboxylic acid groups (broad SMARTS) is 6. The van der Waals surface area contributed by atoms with Crippen LogP contribution in [-0.2, 0) is 94.3 Å². The molecule has 21 N–H and O–H groups in total. The molecule has 3 aromatic rings. The van der Waals surface area contributed by atoms with E-state index in [4.69, 9.17) is 11.1 Å². The first kappa shape index (κ1) is 93.1. The topological polar surface area (TPSA) is 638 Å². The van der Waals surface area contributed by atoms with Crippen LogP contribution in [0.5, 0.6) is 5.75 Å². The fourth-order valence-electron chi connectivity index (χ4n) is 14.0. The summed E-state index contributed by atoms with van der Waals surface area (Å²) in [5.74, 6) is -23.2. The number of carbonyl (C=O) groups excluding carboxylic acids is 12. The van der Waals surface area contributed by atoms with Gasteiger partial charge >= 0.3 is 35.8 Å². The number of likely N-dealkylation sites (tertiary alicyclic amines) is 1. The highest BCUT2D eigenvalue weighted by Crippen LogP contribution is 2.41. The van der Waals surface area contributed by atoms with Crippen molar-refractivity contribution in [2.45, 2.75) is 222 Å². The number of carboxylic acids is 6. The molecule has 636 valence electrons. The quantitative estimate of drug-likeness (QED) is 0.0242. The van der Waals surface area contributed by atoms with Crippen LogP contribution in [0.1, 0.15) is 158 Å². The van der Waals surface area contributed by atoms with Crippen LogP contribution in [-0.4, -0.2) is 244 Å². The molecule has 7 rings (SSSR count). The number of guanidine groups is 1. The number of rotatable bonds is 46. The smallest absolute Gasteiger partial charge is 0.326 e. The van der Waals surface area contributed by atoms with Crippen molar-refractivity contribution in [3.63, 3.8) is 0 Å². The molecule has 1 saturated carbocycles. The first-order chi connectivity index (χ1) is 55.3. The highest BCUT2D eigenvalue weighted by molar-refractivity contribution is 6.02. The Labute approximate surface area is 671 Å². The highest BCUT2D eigenvalue weighted by Gasteiger charge is 2.51. The van der Waals surface area contributed by atoms with E-state index in [0.717, 1.165) is 4.90 Å². The van der Waals surface area contributed by atoms with Crippen molar-refractivity contribution in [3.8, 4) is 5.75 Å². The highest BCUT2D eigenvalue weighted by atomic mass is 16.4. The minimum Gasteiger partial charge on any atom is -0.508 e. The van der Waals surface area contributed by atoms with E-state index in [9.17, 15) is 108 Å². The third kappa shape index (κ3) is 29.2. The summed E-state index contributed by atoms with van der Waals surface area (Å²) in [5.41, 5.74) is 6.53. The summed E-state index contributed by atoms with van der Waals surface area (Å²) in [6.07, 6.45) is -5.45. The summed E-state index contributed by atoms with van der Waals surface area (Å²) in [6.45, 7) is 5.79. The number of carbonyl (C=O) groups is 18. The second-order valence-electron chi connectivity index (χ2n) is 29.5. The van der Waals surface area contributed by atoms with E-state index in [1.165, 1.54) is 53.4 Å². The summed E-state index contributed by atoms with van der Waals surface area (Å²) in [7, 11) is 0. The predicted octanol–water partition coefficient (Wildman–Crippen LogP) is -0.853. The molecule has 40 nitrogen and oxygen atoms in total. The molecule has 12 atom stereocenters. The van der Waals surface area contributed by atoms with E-state index in [0.29, 0.717) is 42.5 Å². The van der Waals surface area contributed by atoms with Crippen LogP contribution in [0.4, 0.5) is 5.69 Å². The first-order valence-corrected chi connectivity index (χ1v) is 38.3. The zero-order valence-corrected chi connectivity index (χ0v) is 65.0. The van der Waals surface area contributed by atoms with Gasteiger partial charge in [-0.05, 0) is 136 Å². The van der Waals surface area contributed by atoms with Crippen LogP contribution in [0.25, 0.3) is 0 Å². The van der Waals surface area contributed by atoms with Gasteiger partial charge < -0.3 is 110 Å². The van der Waals surface area contributed by atoms with E-state index < -0.39 is 262 Å². The molecule has 4 fully saturated rings. The fourth-order valence-corrected chi connectivity index (χ4v) is 14.0. The van der Waals surface area contributed by atoms with Crippen molar-refractivity contribution in [1.29, 1.82) is 5.41 Å². The zero-order valence-electron chi connectivity index (χ0n) is 65.0. The number of amides is 12. The van der Waals surface area contributed by atoms with Gasteiger partial charge in [-0.2, -0.15) is 0 Å². The second-order valence-corrected chi connectivity index (χ2v) is 29.5. The van der Waals surface area contributed by atoms with Crippen molar-refractivity contribution < 1.29 is 122 Å². The molecule has 3 aliphatic heterocycles. The number of piperidine rings is 2. The Morgan fingerprint density at radius 3 is 1.48 bits per heavy atom. The molecule has 0 spiro atoms. The van der Waals surface area contributed by atoms with Crippen molar-refractivity contribution >= 4 is 118 Å². The lowest BCUT2D eigenvalue weighted by atomic mass is 9.73. The predicted molar refractivity (Wildman–Crippen MR) is 411 cm³/mol. The maximum absolute atomic E-state index is 15.4. The van der Waals surface area contributed by atoms with E-state index in [1.54, 1.807) is 58.0 Å². The van der Waals surface area contributed by atoms with Gasteiger partial charge in [0.2, 0.25) is 65.0 Å². The van der Waals surface area contributed by atoms with E-state index in [2.05, 4.69) is 58.5 Å². The monoisotopic (exact) mass is 1640 g/mol. The van der Waals surface area contributed by atoms with E-state index in [-0.39, 0.29) is 61.8 Å². The molecule has 12 amide bonds. The lowest BCUT2D eigenvalue weighted by Gasteiger charge is -2.51. The average molecular weight is 1640 g/mol. The SMILES string of the molecule is CC[C@H](C)[C@H](NC(=O)[C@@H]1C2CCC(CC2)N1C(=O)[C@H](CCC(=O)O)NC(=O)[C@H](Cc1ccccc1)NC(=O)[C@H](CC(=O)O)NC(=O)CNC(=O)c1ccc(NC(=N)N)cc1)C(=O)N1CCC[C@H]1C(=O)N[C@@H](CCC(=O)O)C(=O)N[C@@H](CCC(=O)O)C(=O)N[C@@H](Cc1ccc(O)cc1)C(=O)N[C@@H](CC(C)C)C(=O)N[C@H](CCC(=O)O)C(=O)O. The van der Waals surface area contributed by atoms with Gasteiger partial charge in [-0.15, -0.1) is 0 Å². The minimum atomic E-state index is -1.88.